The van der Waals surface area contributed by atoms with Crippen molar-refractivity contribution in [1.82, 2.24) is 10.5 Å². The summed E-state index contributed by atoms with van der Waals surface area (Å²) in [5, 5.41) is 3.82. The van der Waals surface area contributed by atoms with Crippen molar-refractivity contribution in [2.75, 3.05) is 7.11 Å². The van der Waals surface area contributed by atoms with Crippen LogP contribution in [0.1, 0.15) is 5.69 Å². The van der Waals surface area contributed by atoms with Crippen molar-refractivity contribution in [1.29, 1.82) is 0 Å². The molecule has 0 aliphatic rings. The highest BCUT2D eigenvalue weighted by molar-refractivity contribution is 7.08. The minimum atomic E-state index is -0.335. The summed E-state index contributed by atoms with van der Waals surface area (Å²) < 4.78 is 18.9. The molecule has 0 radical (unpaired) electrons. The largest absolute Gasteiger partial charge is 0.436 e. The molecule has 0 fully saturated rings. The number of rotatable bonds is 5. The molecule has 2 heterocycles. The van der Waals surface area contributed by atoms with E-state index >= 15 is 0 Å². The molecule has 0 saturated heterocycles. The number of oxazole rings is 1. The topological polar surface area (TPSA) is 64.4 Å². The van der Waals surface area contributed by atoms with E-state index in [1.54, 1.807) is 12.1 Å². The molecule has 0 spiro atoms. The highest BCUT2D eigenvalue weighted by Gasteiger charge is 2.19. The zero-order valence-corrected chi connectivity index (χ0v) is 13.0. The van der Waals surface area contributed by atoms with Gasteiger partial charge in [-0.05, 0) is 35.7 Å². The molecular formula is C16H13FN2O3S. The second kappa shape index (κ2) is 6.72. The van der Waals surface area contributed by atoms with Gasteiger partial charge in [0.2, 0.25) is 11.8 Å². The first kappa shape index (κ1) is 15.4. The van der Waals surface area contributed by atoms with Gasteiger partial charge in [-0.25, -0.2) is 14.9 Å². The van der Waals surface area contributed by atoms with Crippen LogP contribution in [-0.4, -0.2) is 18.0 Å². The average Bonchev–Trinajstić information content (AvgIpc) is 3.17. The fourth-order valence-corrected chi connectivity index (χ4v) is 2.74. The number of nitrogens with one attached hydrogen (secondary N) is 1. The number of carbonyl (C=O) groups excluding carboxylic acids is 1. The van der Waals surface area contributed by atoms with Crippen molar-refractivity contribution in [2.24, 2.45) is 0 Å². The molecule has 0 aliphatic heterocycles. The Morgan fingerprint density at radius 2 is 2.09 bits per heavy atom. The molecule has 1 N–H and O–H groups in total. The number of carbonyl (C=O) groups is 1. The first-order valence-electron chi connectivity index (χ1n) is 6.77. The number of aromatic nitrogens is 1. The van der Waals surface area contributed by atoms with Crippen LogP contribution in [0.25, 0.3) is 22.8 Å². The first-order chi connectivity index (χ1) is 11.2. The molecule has 118 valence electrons. The van der Waals surface area contributed by atoms with Gasteiger partial charge in [-0.2, -0.15) is 11.3 Å². The van der Waals surface area contributed by atoms with E-state index in [-0.39, 0.29) is 18.1 Å². The Hall–Kier alpha value is -2.51. The smallest absolute Gasteiger partial charge is 0.249 e. The third kappa shape index (κ3) is 3.46. The molecule has 1 amide bonds. The van der Waals surface area contributed by atoms with Gasteiger partial charge in [0.1, 0.15) is 5.82 Å². The summed E-state index contributed by atoms with van der Waals surface area (Å²) in [6, 6.07) is 7.72. The van der Waals surface area contributed by atoms with Crippen LogP contribution in [0.4, 0.5) is 4.39 Å². The van der Waals surface area contributed by atoms with E-state index in [1.807, 2.05) is 16.8 Å². The Labute approximate surface area is 135 Å². The van der Waals surface area contributed by atoms with Crippen molar-refractivity contribution < 1.29 is 18.4 Å². The fourth-order valence-electron chi connectivity index (χ4n) is 2.11. The molecular weight excluding hydrogens is 319 g/mol. The van der Waals surface area contributed by atoms with Crippen LogP contribution >= 0.6 is 11.3 Å². The highest BCUT2D eigenvalue weighted by Crippen LogP contribution is 2.31. The number of halogens is 1. The second-order valence-corrected chi connectivity index (χ2v) is 5.50. The van der Waals surface area contributed by atoms with Gasteiger partial charge in [-0.1, -0.05) is 0 Å². The lowest BCUT2D eigenvalue weighted by Gasteiger charge is -2.00. The maximum atomic E-state index is 13.1. The fraction of sp³-hybridized carbons (Fsp3) is 0.125. The number of hydroxylamine groups is 1. The zero-order chi connectivity index (χ0) is 16.2. The number of hydrogen-bond acceptors (Lipinski definition) is 5. The van der Waals surface area contributed by atoms with Gasteiger partial charge in [-0.3, -0.25) is 9.63 Å². The lowest BCUT2D eigenvalue weighted by molar-refractivity contribution is -0.130. The molecule has 5 nitrogen and oxygen atoms in total. The summed E-state index contributed by atoms with van der Waals surface area (Å²) in [7, 11) is 1.37. The SMILES string of the molecule is CONC(=O)Cc1nc(-c2ccc(F)cc2)oc1-c1ccsc1. The highest BCUT2D eigenvalue weighted by atomic mass is 32.1. The van der Waals surface area contributed by atoms with Gasteiger partial charge in [0.15, 0.2) is 5.76 Å². The molecule has 0 bridgehead atoms. The number of amides is 1. The third-order valence-corrected chi connectivity index (χ3v) is 3.80. The second-order valence-electron chi connectivity index (χ2n) is 4.72. The molecule has 3 aromatic rings. The van der Waals surface area contributed by atoms with E-state index in [0.717, 1.165) is 5.56 Å². The molecule has 0 saturated carbocycles. The third-order valence-electron chi connectivity index (χ3n) is 3.12. The summed E-state index contributed by atoms with van der Waals surface area (Å²) in [5.41, 5.74) is 4.24. The summed E-state index contributed by atoms with van der Waals surface area (Å²) in [6.07, 6.45) is 0.0176. The Morgan fingerprint density at radius 3 is 2.74 bits per heavy atom. The Morgan fingerprint density at radius 1 is 1.30 bits per heavy atom. The molecule has 0 aliphatic carbocycles. The Bertz CT molecular complexity index is 797. The van der Waals surface area contributed by atoms with Crippen molar-refractivity contribution in [3.05, 3.63) is 52.6 Å². The summed E-state index contributed by atoms with van der Waals surface area (Å²) in [6.45, 7) is 0. The normalized spacial score (nSPS) is 10.7. The summed E-state index contributed by atoms with van der Waals surface area (Å²) in [5.74, 6) is 0.198. The van der Waals surface area contributed by atoms with Crippen LogP contribution in [0, 0.1) is 5.82 Å². The number of nitrogens with zero attached hydrogens (tertiary/aromatic N) is 1. The van der Waals surface area contributed by atoms with Gasteiger partial charge in [0.05, 0.1) is 19.2 Å². The predicted molar refractivity (Wildman–Crippen MR) is 84.1 cm³/mol. The monoisotopic (exact) mass is 332 g/mol. The number of thiophene rings is 1. The van der Waals surface area contributed by atoms with Crippen LogP contribution < -0.4 is 5.48 Å². The Balaban J connectivity index is 1.99. The first-order valence-corrected chi connectivity index (χ1v) is 7.71. The lowest BCUT2D eigenvalue weighted by atomic mass is 10.2. The zero-order valence-electron chi connectivity index (χ0n) is 12.2. The average molecular weight is 332 g/mol. The van der Waals surface area contributed by atoms with Crippen LogP contribution in [-0.2, 0) is 16.1 Å². The van der Waals surface area contributed by atoms with Gasteiger partial charge < -0.3 is 4.42 Å². The van der Waals surface area contributed by atoms with E-state index in [2.05, 4.69) is 15.3 Å². The molecule has 23 heavy (non-hydrogen) atoms. The standard InChI is InChI=1S/C16H13FN2O3S/c1-21-19-14(20)8-13-15(11-6-7-23-9-11)22-16(18-13)10-2-4-12(17)5-3-10/h2-7,9H,8H2,1H3,(H,19,20). The van der Waals surface area contributed by atoms with Crippen LogP contribution in [0.15, 0.2) is 45.5 Å². The maximum absolute atomic E-state index is 13.1. The molecule has 3 rings (SSSR count). The van der Waals surface area contributed by atoms with Crippen molar-refractivity contribution in [3.63, 3.8) is 0 Å². The van der Waals surface area contributed by atoms with Crippen LogP contribution in [0.2, 0.25) is 0 Å². The van der Waals surface area contributed by atoms with E-state index in [0.29, 0.717) is 22.9 Å². The Kier molecular flexibility index (Phi) is 4.50. The minimum absolute atomic E-state index is 0.0176. The van der Waals surface area contributed by atoms with Crippen molar-refractivity contribution in [3.8, 4) is 22.8 Å². The van der Waals surface area contributed by atoms with E-state index in [1.165, 1.54) is 30.6 Å². The lowest BCUT2D eigenvalue weighted by Crippen LogP contribution is -2.23. The molecule has 1 aromatic carbocycles. The molecule has 2 aromatic heterocycles. The predicted octanol–water partition coefficient (Wildman–Crippen LogP) is 3.43. The molecule has 7 heteroatoms. The minimum Gasteiger partial charge on any atom is -0.436 e. The number of hydrogen-bond donors (Lipinski definition) is 1. The number of benzene rings is 1. The van der Waals surface area contributed by atoms with E-state index in [4.69, 9.17) is 4.42 Å². The quantitative estimate of drug-likeness (QED) is 0.727. The van der Waals surface area contributed by atoms with Gasteiger partial charge >= 0.3 is 0 Å². The molecule has 0 unspecified atom stereocenters. The van der Waals surface area contributed by atoms with E-state index < -0.39 is 0 Å². The summed E-state index contributed by atoms with van der Waals surface area (Å²) >= 11 is 1.52. The van der Waals surface area contributed by atoms with Gasteiger partial charge in [0, 0.05) is 16.5 Å². The van der Waals surface area contributed by atoms with Crippen LogP contribution in [0.3, 0.4) is 0 Å². The summed E-state index contributed by atoms with van der Waals surface area (Å²) in [4.78, 5) is 20.8. The van der Waals surface area contributed by atoms with Crippen molar-refractivity contribution >= 4 is 17.2 Å². The van der Waals surface area contributed by atoms with E-state index in [9.17, 15) is 9.18 Å². The van der Waals surface area contributed by atoms with Gasteiger partial charge in [0.25, 0.3) is 0 Å². The maximum Gasteiger partial charge on any atom is 0.249 e. The molecule has 0 atom stereocenters. The van der Waals surface area contributed by atoms with Crippen molar-refractivity contribution in [2.45, 2.75) is 6.42 Å². The van der Waals surface area contributed by atoms with Crippen LogP contribution in [0.5, 0.6) is 0 Å². The van der Waals surface area contributed by atoms with Gasteiger partial charge in [-0.15, -0.1) is 0 Å².